The Bertz CT molecular complexity index is 404. The van der Waals surface area contributed by atoms with Crippen molar-refractivity contribution in [3.05, 3.63) is 18.2 Å². The van der Waals surface area contributed by atoms with Crippen molar-refractivity contribution < 1.29 is 9.53 Å². The quantitative estimate of drug-likeness (QED) is 0.657. The van der Waals surface area contributed by atoms with Crippen LogP contribution in [0.15, 0.2) is 12.4 Å². The first kappa shape index (κ1) is 16.7. The number of imidazole rings is 1. The number of rotatable bonds is 9. The Labute approximate surface area is 120 Å². The topological polar surface area (TPSA) is 68.2 Å². The van der Waals surface area contributed by atoms with Crippen molar-refractivity contribution in [2.75, 3.05) is 20.3 Å². The summed E-state index contributed by atoms with van der Waals surface area (Å²) in [4.78, 5) is 16.2. The maximum atomic E-state index is 12.0. The summed E-state index contributed by atoms with van der Waals surface area (Å²) < 4.78 is 6.83. The predicted molar refractivity (Wildman–Crippen MR) is 78.3 cm³/mol. The maximum absolute atomic E-state index is 12.0. The SMILES string of the molecule is COCCNCc1nccn1CC(=O)NC(C)C(C)C. The highest BCUT2D eigenvalue weighted by molar-refractivity contribution is 5.76. The van der Waals surface area contributed by atoms with E-state index in [9.17, 15) is 4.79 Å². The number of carbonyl (C=O) groups is 1. The van der Waals surface area contributed by atoms with Crippen molar-refractivity contribution in [2.24, 2.45) is 5.92 Å². The van der Waals surface area contributed by atoms with Gasteiger partial charge in [0.2, 0.25) is 5.91 Å². The lowest BCUT2D eigenvalue weighted by Crippen LogP contribution is -2.38. The van der Waals surface area contributed by atoms with E-state index in [1.165, 1.54) is 0 Å². The van der Waals surface area contributed by atoms with Gasteiger partial charge in [0.1, 0.15) is 12.4 Å². The minimum Gasteiger partial charge on any atom is -0.383 e. The zero-order valence-electron chi connectivity index (χ0n) is 12.8. The third-order valence-corrected chi connectivity index (χ3v) is 3.27. The second kappa shape index (κ2) is 8.71. The normalized spacial score (nSPS) is 12.7. The van der Waals surface area contributed by atoms with Crippen LogP contribution in [-0.2, 0) is 22.6 Å². The summed E-state index contributed by atoms with van der Waals surface area (Å²) in [5.41, 5.74) is 0. The molecule has 2 N–H and O–H groups in total. The van der Waals surface area contributed by atoms with Crippen molar-refractivity contribution in [1.82, 2.24) is 20.2 Å². The molecule has 1 rings (SSSR count). The smallest absolute Gasteiger partial charge is 0.240 e. The van der Waals surface area contributed by atoms with Crippen LogP contribution in [0.5, 0.6) is 0 Å². The van der Waals surface area contributed by atoms with Gasteiger partial charge in [0.15, 0.2) is 0 Å². The van der Waals surface area contributed by atoms with Crippen molar-refractivity contribution in [3.8, 4) is 0 Å². The summed E-state index contributed by atoms with van der Waals surface area (Å²) in [6.45, 7) is 8.55. The predicted octanol–water partition coefficient (Wildman–Crippen LogP) is 0.780. The minimum atomic E-state index is 0.0161. The zero-order valence-corrected chi connectivity index (χ0v) is 12.8. The lowest BCUT2D eigenvalue weighted by molar-refractivity contribution is -0.122. The molecule has 6 heteroatoms. The van der Waals surface area contributed by atoms with Crippen molar-refractivity contribution in [1.29, 1.82) is 0 Å². The molecule has 1 amide bonds. The molecule has 0 fully saturated rings. The summed E-state index contributed by atoms with van der Waals surface area (Å²) >= 11 is 0. The first-order valence-corrected chi connectivity index (χ1v) is 7.03. The Balaban J connectivity index is 2.43. The number of ether oxygens (including phenoxy) is 1. The molecular weight excluding hydrogens is 256 g/mol. The lowest BCUT2D eigenvalue weighted by Gasteiger charge is -2.18. The zero-order chi connectivity index (χ0) is 15.0. The molecule has 0 saturated heterocycles. The van der Waals surface area contributed by atoms with Gasteiger partial charge in [0.25, 0.3) is 0 Å². The van der Waals surface area contributed by atoms with Crippen LogP contribution in [0, 0.1) is 5.92 Å². The Morgan fingerprint density at radius 1 is 1.45 bits per heavy atom. The third-order valence-electron chi connectivity index (χ3n) is 3.27. The molecule has 0 aliphatic carbocycles. The summed E-state index contributed by atoms with van der Waals surface area (Å²) in [6.07, 6.45) is 3.54. The maximum Gasteiger partial charge on any atom is 0.240 e. The minimum absolute atomic E-state index is 0.0161. The van der Waals surface area contributed by atoms with Crippen molar-refractivity contribution in [2.45, 2.75) is 39.9 Å². The fourth-order valence-electron chi connectivity index (χ4n) is 1.65. The van der Waals surface area contributed by atoms with Crippen molar-refractivity contribution in [3.63, 3.8) is 0 Å². The number of methoxy groups -OCH3 is 1. The van der Waals surface area contributed by atoms with E-state index in [0.717, 1.165) is 12.4 Å². The molecule has 0 aromatic carbocycles. The Kier molecular flexibility index (Phi) is 7.25. The Morgan fingerprint density at radius 3 is 2.85 bits per heavy atom. The highest BCUT2D eigenvalue weighted by Crippen LogP contribution is 2.01. The molecule has 1 atom stereocenters. The highest BCUT2D eigenvalue weighted by Gasteiger charge is 2.12. The van der Waals surface area contributed by atoms with E-state index in [4.69, 9.17) is 4.74 Å². The number of nitrogens with one attached hydrogen (secondary N) is 2. The fraction of sp³-hybridized carbons (Fsp3) is 0.714. The van der Waals surface area contributed by atoms with Gasteiger partial charge in [-0.05, 0) is 12.8 Å². The van der Waals surface area contributed by atoms with Crippen LogP contribution in [0.25, 0.3) is 0 Å². The molecule has 1 aromatic rings. The molecule has 114 valence electrons. The van der Waals surface area contributed by atoms with E-state index >= 15 is 0 Å². The molecule has 0 radical (unpaired) electrons. The number of amides is 1. The summed E-state index contributed by atoms with van der Waals surface area (Å²) in [6, 6.07) is 0.175. The molecule has 6 nitrogen and oxygen atoms in total. The van der Waals surface area contributed by atoms with E-state index in [-0.39, 0.29) is 11.9 Å². The highest BCUT2D eigenvalue weighted by atomic mass is 16.5. The molecule has 1 unspecified atom stereocenters. The fourth-order valence-corrected chi connectivity index (χ4v) is 1.65. The average molecular weight is 282 g/mol. The number of aromatic nitrogens is 2. The van der Waals surface area contributed by atoms with Crippen LogP contribution in [0.2, 0.25) is 0 Å². The van der Waals surface area contributed by atoms with Gasteiger partial charge in [0.05, 0.1) is 13.2 Å². The van der Waals surface area contributed by atoms with E-state index < -0.39 is 0 Å². The average Bonchev–Trinajstić information content (AvgIpc) is 2.81. The van der Waals surface area contributed by atoms with Gasteiger partial charge in [-0.3, -0.25) is 4.79 Å². The first-order valence-electron chi connectivity index (χ1n) is 7.03. The van der Waals surface area contributed by atoms with E-state index in [2.05, 4.69) is 29.5 Å². The first-order chi connectivity index (χ1) is 9.54. The van der Waals surface area contributed by atoms with Gasteiger partial charge in [-0.25, -0.2) is 4.98 Å². The molecule has 1 aromatic heterocycles. The van der Waals surface area contributed by atoms with E-state index in [1.807, 2.05) is 17.7 Å². The number of hydrogen-bond donors (Lipinski definition) is 2. The van der Waals surface area contributed by atoms with Crippen LogP contribution >= 0.6 is 0 Å². The Hall–Kier alpha value is -1.40. The summed E-state index contributed by atoms with van der Waals surface area (Å²) in [7, 11) is 1.67. The van der Waals surface area contributed by atoms with Gasteiger partial charge in [-0.15, -0.1) is 0 Å². The third kappa shape index (κ3) is 5.71. The molecule has 0 saturated carbocycles. The number of carbonyl (C=O) groups excluding carboxylic acids is 1. The molecule has 0 bridgehead atoms. The van der Waals surface area contributed by atoms with Gasteiger partial charge in [-0.2, -0.15) is 0 Å². The van der Waals surface area contributed by atoms with Gasteiger partial charge < -0.3 is 19.9 Å². The molecule has 0 aliphatic heterocycles. The van der Waals surface area contributed by atoms with Crippen LogP contribution in [0.1, 0.15) is 26.6 Å². The monoisotopic (exact) mass is 282 g/mol. The standard InChI is InChI=1S/C14H26N4O2/c1-11(2)12(3)17-14(19)10-18-7-5-16-13(18)9-15-6-8-20-4/h5,7,11-12,15H,6,8-10H2,1-4H3,(H,17,19). The summed E-state index contributed by atoms with van der Waals surface area (Å²) in [5.74, 6) is 1.30. The largest absolute Gasteiger partial charge is 0.383 e. The van der Waals surface area contributed by atoms with Crippen LogP contribution in [-0.4, -0.2) is 41.8 Å². The number of hydrogen-bond acceptors (Lipinski definition) is 4. The summed E-state index contributed by atoms with van der Waals surface area (Å²) in [5, 5.41) is 6.21. The molecular formula is C14H26N4O2. The van der Waals surface area contributed by atoms with Crippen LogP contribution < -0.4 is 10.6 Å². The second-order valence-electron chi connectivity index (χ2n) is 5.24. The second-order valence-corrected chi connectivity index (χ2v) is 5.24. The molecule has 0 aliphatic rings. The van der Waals surface area contributed by atoms with Gasteiger partial charge >= 0.3 is 0 Å². The van der Waals surface area contributed by atoms with Gasteiger partial charge in [-0.1, -0.05) is 13.8 Å². The van der Waals surface area contributed by atoms with Crippen molar-refractivity contribution >= 4 is 5.91 Å². The van der Waals surface area contributed by atoms with Gasteiger partial charge in [0, 0.05) is 32.1 Å². The molecule has 0 spiro atoms. The lowest BCUT2D eigenvalue weighted by atomic mass is 10.1. The Morgan fingerprint density at radius 2 is 2.20 bits per heavy atom. The number of nitrogens with zero attached hydrogens (tertiary/aromatic N) is 2. The van der Waals surface area contributed by atoms with E-state index in [1.54, 1.807) is 13.3 Å². The van der Waals surface area contributed by atoms with Crippen LogP contribution in [0.3, 0.4) is 0 Å². The van der Waals surface area contributed by atoms with E-state index in [0.29, 0.717) is 25.6 Å². The van der Waals surface area contributed by atoms with Crippen LogP contribution in [0.4, 0.5) is 0 Å². The molecule has 1 heterocycles. The molecule has 20 heavy (non-hydrogen) atoms.